The van der Waals surface area contributed by atoms with Crippen LogP contribution in [0, 0.1) is 0 Å². The van der Waals surface area contributed by atoms with Crippen LogP contribution in [0.1, 0.15) is 32.1 Å². The van der Waals surface area contributed by atoms with Gasteiger partial charge in [0.15, 0.2) is 0 Å². The predicted octanol–water partition coefficient (Wildman–Crippen LogP) is 0.736. The third kappa shape index (κ3) is 9.01. The summed E-state index contributed by atoms with van der Waals surface area (Å²) in [4.78, 5) is 0. The molecule has 0 saturated carbocycles. The molecule has 15 heavy (non-hydrogen) atoms. The lowest BCUT2D eigenvalue weighted by molar-refractivity contribution is 0.275. The number of hydrogen-bond donors (Lipinski definition) is 2. The standard InChI is InChI=1S/C10H26N2O2Si/c1-13-15(14-2)9-7-10(12)6-4-3-5-8-11/h10,15H,3-9,11-12H2,1-2H3. The summed E-state index contributed by atoms with van der Waals surface area (Å²) in [5, 5.41) is 0. The van der Waals surface area contributed by atoms with Gasteiger partial charge in [0.1, 0.15) is 0 Å². The van der Waals surface area contributed by atoms with Crippen LogP contribution in [0.3, 0.4) is 0 Å². The Balaban J connectivity index is 3.35. The lowest BCUT2D eigenvalue weighted by Crippen LogP contribution is -2.25. The molecule has 0 aromatic carbocycles. The summed E-state index contributed by atoms with van der Waals surface area (Å²) in [6, 6.07) is 1.30. The molecular formula is C10H26N2O2Si. The molecule has 1 atom stereocenters. The molecule has 0 saturated heterocycles. The number of rotatable bonds is 10. The van der Waals surface area contributed by atoms with Crippen molar-refractivity contribution >= 4 is 9.28 Å². The fraction of sp³-hybridized carbons (Fsp3) is 1.00. The highest BCUT2D eigenvalue weighted by atomic mass is 28.3. The first-order valence-corrected chi connectivity index (χ1v) is 7.51. The summed E-state index contributed by atoms with van der Waals surface area (Å²) in [5.74, 6) is 0. The highest BCUT2D eigenvalue weighted by molar-refractivity contribution is 6.44. The molecule has 0 aliphatic carbocycles. The molecule has 0 rings (SSSR count). The van der Waals surface area contributed by atoms with Gasteiger partial charge in [-0.25, -0.2) is 0 Å². The third-order valence-corrected chi connectivity index (χ3v) is 4.43. The Kier molecular flexibility index (Phi) is 10.6. The second-order valence-electron chi connectivity index (χ2n) is 3.88. The molecule has 0 fully saturated rings. The molecule has 4 nitrogen and oxygen atoms in total. The van der Waals surface area contributed by atoms with E-state index in [4.69, 9.17) is 20.3 Å². The van der Waals surface area contributed by atoms with E-state index in [0.717, 1.165) is 31.9 Å². The van der Waals surface area contributed by atoms with Crippen molar-refractivity contribution in [3.8, 4) is 0 Å². The van der Waals surface area contributed by atoms with Crippen LogP contribution in [0.4, 0.5) is 0 Å². The maximum atomic E-state index is 5.99. The van der Waals surface area contributed by atoms with Crippen molar-refractivity contribution < 1.29 is 8.85 Å². The monoisotopic (exact) mass is 234 g/mol. The van der Waals surface area contributed by atoms with Crippen LogP contribution < -0.4 is 11.5 Å². The zero-order chi connectivity index (χ0) is 11.5. The molecule has 0 bridgehead atoms. The van der Waals surface area contributed by atoms with Gasteiger partial charge in [-0.3, -0.25) is 0 Å². The van der Waals surface area contributed by atoms with E-state index in [2.05, 4.69) is 0 Å². The summed E-state index contributed by atoms with van der Waals surface area (Å²) in [5.41, 5.74) is 11.4. The van der Waals surface area contributed by atoms with Gasteiger partial charge in [0.2, 0.25) is 0 Å². The zero-order valence-corrected chi connectivity index (χ0v) is 11.2. The molecule has 0 aliphatic heterocycles. The first-order chi connectivity index (χ1) is 7.24. The molecule has 4 N–H and O–H groups in total. The maximum absolute atomic E-state index is 5.99. The van der Waals surface area contributed by atoms with Crippen molar-refractivity contribution in [1.29, 1.82) is 0 Å². The van der Waals surface area contributed by atoms with Crippen molar-refractivity contribution in [3.63, 3.8) is 0 Å². The molecule has 0 aromatic heterocycles. The van der Waals surface area contributed by atoms with Crippen molar-refractivity contribution in [3.05, 3.63) is 0 Å². The lowest BCUT2D eigenvalue weighted by atomic mass is 10.1. The smallest absolute Gasteiger partial charge is 0.320 e. The Morgan fingerprint density at radius 1 is 1.07 bits per heavy atom. The fourth-order valence-electron chi connectivity index (χ4n) is 1.55. The van der Waals surface area contributed by atoms with E-state index in [1.165, 1.54) is 12.8 Å². The second kappa shape index (κ2) is 10.6. The number of unbranched alkanes of at least 4 members (excludes halogenated alkanes) is 2. The average Bonchev–Trinajstić information content (AvgIpc) is 2.26. The van der Waals surface area contributed by atoms with Gasteiger partial charge in [-0.2, -0.15) is 0 Å². The first kappa shape index (κ1) is 15.1. The van der Waals surface area contributed by atoms with Gasteiger partial charge in [-0.05, 0) is 31.9 Å². The van der Waals surface area contributed by atoms with E-state index in [0.29, 0.717) is 6.04 Å². The van der Waals surface area contributed by atoms with Crippen LogP contribution in [-0.2, 0) is 8.85 Å². The largest absolute Gasteiger partial charge is 0.400 e. The normalized spacial score (nSPS) is 13.4. The quantitative estimate of drug-likeness (QED) is 0.432. The number of hydrogen-bond acceptors (Lipinski definition) is 4. The highest BCUT2D eigenvalue weighted by Crippen LogP contribution is 2.08. The fourth-order valence-corrected chi connectivity index (χ4v) is 2.92. The van der Waals surface area contributed by atoms with Crippen molar-refractivity contribution in [2.45, 2.75) is 44.2 Å². The average molecular weight is 234 g/mol. The van der Waals surface area contributed by atoms with E-state index < -0.39 is 9.28 Å². The Hall–Kier alpha value is 0.0569. The zero-order valence-electron chi connectivity index (χ0n) is 10.1. The Bertz CT molecular complexity index is 135. The molecule has 0 radical (unpaired) electrons. The van der Waals surface area contributed by atoms with Gasteiger partial charge in [0.05, 0.1) is 0 Å². The van der Waals surface area contributed by atoms with Gasteiger partial charge in [0.25, 0.3) is 0 Å². The van der Waals surface area contributed by atoms with Crippen LogP contribution in [-0.4, -0.2) is 36.1 Å². The topological polar surface area (TPSA) is 70.5 Å². The van der Waals surface area contributed by atoms with Crippen LogP contribution in [0.15, 0.2) is 0 Å². The molecule has 0 heterocycles. The minimum Gasteiger partial charge on any atom is -0.400 e. The van der Waals surface area contributed by atoms with Gasteiger partial charge in [-0.15, -0.1) is 0 Å². The van der Waals surface area contributed by atoms with Gasteiger partial charge in [0, 0.05) is 20.3 Å². The molecule has 0 spiro atoms. The van der Waals surface area contributed by atoms with Gasteiger partial charge < -0.3 is 20.3 Å². The van der Waals surface area contributed by atoms with Crippen LogP contribution in [0.25, 0.3) is 0 Å². The molecule has 0 amide bonds. The van der Waals surface area contributed by atoms with E-state index >= 15 is 0 Å². The highest BCUT2D eigenvalue weighted by Gasteiger charge is 2.11. The van der Waals surface area contributed by atoms with Crippen LogP contribution in [0.2, 0.25) is 6.04 Å². The summed E-state index contributed by atoms with van der Waals surface area (Å²) in [6.45, 7) is 0.789. The maximum Gasteiger partial charge on any atom is 0.320 e. The molecule has 1 unspecified atom stereocenters. The number of nitrogens with two attached hydrogens (primary N) is 2. The van der Waals surface area contributed by atoms with E-state index in [1.807, 2.05) is 0 Å². The van der Waals surface area contributed by atoms with Crippen molar-refractivity contribution in [1.82, 2.24) is 0 Å². The van der Waals surface area contributed by atoms with Gasteiger partial charge in [-0.1, -0.05) is 12.8 Å². The lowest BCUT2D eigenvalue weighted by Gasteiger charge is -2.14. The molecule has 92 valence electrons. The summed E-state index contributed by atoms with van der Waals surface area (Å²) < 4.78 is 10.5. The molecule has 5 heteroatoms. The van der Waals surface area contributed by atoms with E-state index in [1.54, 1.807) is 14.2 Å². The first-order valence-electron chi connectivity index (χ1n) is 5.75. The van der Waals surface area contributed by atoms with Crippen LogP contribution >= 0.6 is 0 Å². The summed E-state index contributed by atoms with van der Waals surface area (Å²) in [6.07, 6.45) is 5.60. The summed E-state index contributed by atoms with van der Waals surface area (Å²) >= 11 is 0. The minimum absolute atomic E-state index is 0.295. The van der Waals surface area contributed by atoms with E-state index in [9.17, 15) is 0 Å². The van der Waals surface area contributed by atoms with Crippen molar-refractivity contribution in [2.24, 2.45) is 11.5 Å². The minimum atomic E-state index is -1.40. The SMILES string of the molecule is CO[SiH](CCC(N)CCCCCN)OC. The molecule has 0 aromatic rings. The molecule has 0 aliphatic rings. The Morgan fingerprint density at radius 3 is 2.27 bits per heavy atom. The molecular weight excluding hydrogens is 208 g/mol. The summed E-state index contributed by atoms with van der Waals surface area (Å²) in [7, 11) is 2.04. The van der Waals surface area contributed by atoms with Gasteiger partial charge >= 0.3 is 9.28 Å². The van der Waals surface area contributed by atoms with E-state index in [-0.39, 0.29) is 0 Å². The Morgan fingerprint density at radius 2 is 1.73 bits per heavy atom. The van der Waals surface area contributed by atoms with Crippen LogP contribution in [0.5, 0.6) is 0 Å². The third-order valence-electron chi connectivity index (χ3n) is 2.58. The van der Waals surface area contributed by atoms with Crippen molar-refractivity contribution in [2.75, 3.05) is 20.8 Å². The Labute approximate surface area is 95.2 Å². The second-order valence-corrected chi connectivity index (χ2v) is 6.26. The predicted molar refractivity (Wildman–Crippen MR) is 66.1 cm³/mol.